The van der Waals surface area contributed by atoms with Crippen LogP contribution in [0, 0.1) is 18.3 Å². The molecular formula is C15H18N2. The van der Waals surface area contributed by atoms with Gasteiger partial charge in [0.2, 0.25) is 0 Å². The minimum Gasteiger partial charge on any atom is -0.310 e. The summed E-state index contributed by atoms with van der Waals surface area (Å²) in [5.74, 6) is 0. The van der Waals surface area contributed by atoms with Gasteiger partial charge in [-0.15, -0.1) is 0 Å². The Morgan fingerprint density at radius 1 is 1.35 bits per heavy atom. The van der Waals surface area contributed by atoms with Crippen molar-refractivity contribution < 1.29 is 0 Å². The second kappa shape index (κ2) is 5.65. The lowest BCUT2D eigenvalue weighted by atomic mass is 9.96. The van der Waals surface area contributed by atoms with E-state index in [1.54, 1.807) is 0 Å². The van der Waals surface area contributed by atoms with Crippen molar-refractivity contribution in [3.8, 4) is 6.07 Å². The van der Waals surface area contributed by atoms with Crippen LogP contribution >= 0.6 is 0 Å². The van der Waals surface area contributed by atoms with E-state index in [9.17, 15) is 0 Å². The van der Waals surface area contributed by atoms with E-state index in [1.165, 1.54) is 11.1 Å². The number of allylic oxidation sites excluding steroid dienone is 1. The number of rotatable bonds is 3. The molecule has 1 aromatic rings. The smallest absolute Gasteiger partial charge is 0.0943 e. The van der Waals surface area contributed by atoms with Gasteiger partial charge in [0.15, 0.2) is 0 Å². The lowest BCUT2D eigenvalue weighted by Gasteiger charge is -2.20. The molecule has 2 nitrogen and oxygen atoms in total. The van der Waals surface area contributed by atoms with E-state index in [4.69, 9.17) is 5.26 Å². The molecule has 17 heavy (non-hydrogen) atoms. The highest BCUT2D eigenvalue weighted by molar-refractivity contribution is 5.24. The van der Waals surface area contributed by atoms with Crippen molar-refractivity contribution in [3.05, 3.63) is 47.0 Å². The molecule has 0 aromatic heterocycles. The topological polar surface area (TPSA) is 35.8 Å². The Kier molecular flexibility index (Phi) is 3.95. The molecule has 1 N–H and O–H groups in total. The van der Waals surface area contributed by atoms with E-state index in [-0.39, 0.29) is 0 Å². The third-order valence-electron chi connectivity index (χ3n) is 3.27. The van der Waals surface area contributed by atoms with Crippen LogP contribution in [-0.2, 0) is 6.54 Å². The second-order valence-electron chi connectivity index (χ2n) is 4.68. The maximum atomic E-state index is 8.77. The fourth-order valence-electron chi connectivity index (χ4n) is 2.09. The summed E-state index contributed by atoms with van der Waals surface area (Å²) < 4.78 is 0. The molecule has 88 valence electrons. The Bertz CT molecular complexity index is 437. The quantitative estimate of drug-likeness (QED) is 0.859. The van der Waals surface area contributed by atoms with Crippen molar-refractivity contribution in [2.24, 2.45) is 0 Å². The maximum Gasteiger partial charge on any atom is 0.0943 e. The van der Waals surface area contributed by atoms with Gasteiger partial charge in [0.1, 0.15) is 0 Å². The van der Waals surface area contributed by atoms with E-state index < -0.39 is 0 Å². The third-order valence-corrected chi connectivity index (χ3v) is 3.27. The molecule has 2 heteroatoms. The molecule has 0 aliphatic heterocycles. The lowest BCUT2D eigenvalue weighted by molar-refractivity contribution is 0.470. The summed E-state index contributed by atoms with van der Waals surface area (Å²) >= 11 is 0. The van der Waals surface area contributed by atoms with Gasteiger partial charge < -0.3 is 5.32 Å². The molecule has 0 heterocycles. The molecule has 1 aliphatic rings. The number of hydrogen-bond donors (Lipinski definition) is 1. The van der Waals surface area contributed by atoms with Crippen molar-refractivity contribution in [2.75, 3.05) is 0 Å². The molecular weight excluding hydrogens is 208 g/mol. The van der Waals surface area contributed by atoms with Gasteiger partial charge in [-0.3, -0.25) is 0 Å². The van der Waals surface area contributed by atoms with Crippen LogP contribution in [0.4, 0.5) is 0 Å². The first-order chi connectivity index (χ1) is 8.28. The predicted octanol–water partition coefficient (Wildman–Crippen LogP) is 3.09. The normalized spacial score (nSPS) is 19.5. The lowest BCUT2D eigenvalue weighted by Crippen LogP contribution is -2.29. The zero-order valence-corrected chi connectivity index (χ0v) is 10.2. The Morgan fingerprint density at radius 2 is 2.12 bits per heavy atom. The first-order valence-electron chi connectivity index (χ1n) is 6.16. The van der Waals surface area contributed by atoms with E-state index in [2.05, 4.69) is 48.7 Å². The van der Waals surface area contributed by atoms with Crippen LogP contribution in [0.3, 0.4) is 0 Å². The number of aryl methyl sites for hydroxylation is 1. The monoisotopic (exact) mass is 226 g/mol. The molecule has 0 spiro atoms. The van der Waals surface area contributed by atoms with Gasteiger partial charge in [-0.1, -0.05) is 35.9 Å². The summed E-state index contributed by atoms with van der Waals surface area (Å²) in [6.07, 6.45) is 5.04. The average molecular weight is 226 g/mol. The highest BCUT2D eigenvalue weighted by Gasteiger charge is 2.13. The van der Waals surface area contributed by atoms with E-state index in [1.807, 2.05) is 0 Å². The van der Waals surface area contributed by atoms with Crippen molar-refractivity contribution in [3.63, 3.8) is 0 Å². The summed E-state index contributed by atoms with van der Waals surface area (Å²) in [7, 11) is 0. The van der Waals surface area contributed by atoms with Gasteiger partial charge in [-0.2, -0.15) is 5.26 Å². The Morgan fingerprint density at radius 3 is 2.71 bits per heavy atom. The summed E-state index contributed by atoms with van der Waals surface area (Å²) in [6.45, 7) is 3.02. The van der Waals surface area contributed by atoms with E-state index in [0.29, 0.717) is 6.04 Å². The minimum atomic E-state index is 0.522. The minimum absolute atomic E-state index is 0.522. The van der Waals surface area contributed by atoms with Crippen LogP contribution in [0.2, 0.25) is 0 Å². The summed E-state index contributed by atoms with van der Waals surface area (Å²) in [5, 5.41) is 12.3. The van der Waals surface area contributed by atoms with Gasteiger partial charge >= 0.3 is 0 Å². The number of hydrogen-bond acceptors (Lipinski definition) is 2. The van der Waals surface area contributed by atoms with Crippen molar-refractivity contribution in [1.82, 2.24) is 5.32 Å². The van der Waals surface area contributed by atoms with Crippen LogP contribution in [0.1, 0.15) is 30.4 Å². The first-order valence-corrected chi connectivity index (χ1v) is 6.16. The van der Waals surface area contributed by atoms with Crippen LogP contribution < -0.4 is 5.32 Å². The van der Waals surface area contributed by atoms with E-state index >= 15 is 0 Å². The van der Waals surface area contributed by atoms with Gasteiger partial charge in [0.05, 0.1) is 6.07 Å². The van der Waals surface area contributed by atoms with Crippen LogP contribution in [-0.4, -0.2) is 6.04 Å². The highest BCUT2D eigenvalue weighted by atomic mass is 14.9. The molecule has 1 aromatic carbocycles. The van der Waals surface area contributed by atoms with Gasteiger partial charge in [-0.05, 0) is 31.7 Å². The molecule has 0 saturated heterocycles. The van der Waals surface area contributed by atoms with Crippen molar-refractivity contribution in [2.45, 2.75) is 38.8 Å². The van der Waals surface area contributed by atoms with Gasteiger partial charge in [0, 0.05) is 18.2 Å². The molecule has 0 radical (unpaired) electrons. The van der Waals surface area contributed by atoms with Crippen molar-refractivity contribution >= 4 is 0 Å². The molecule has 1 atom stereocenters. The first kappa shape index (κ1) is 11.9. The predicted molar refractivity (Wildman–Crippen MR) is 69.4 cm³/mol. The molecule has 1 unspecified atom stereocenters. The average Bonchev–Trinajstić information content (AvgIpc) is 2.39. The number of nitrogens with zero attached hydrogens (tertiary/aromatic N) is 1. The highest BCUT2D eigenvalue weighted by Crippen LogP contribution is 2.17. The maximum absolute atomic E-state index is 8.77. The van der Waals surface area contributed by atoms with Crippen LogP contribution in [0.5, 0.6) is 0 Å². The zero-order valence-electron chi connectivity index (χ0n) is 10.2. The standard InChI is InChI=1S/C15H18N2/c1-12-2-4-14(5-3-12)11-17-15-8-6-13(10-16)7-9-15/h2-6,15,17H,7-9,11H2,1H3. The second-order valence-corrected chi connectivity index (χ2v) is 4.68. The van der Waals surface area contributed by atoms with Crippen LogP contribution in [0.15, 0.2) is 35.9 Å². The molecule has 1 aliphatic carbocycles. The molecule has 2 rings (SSSR count). The largest absolute Gasteiger partial charge is 0.310 e. The van der Waals surface area contributed by atoms with E-state index in [0.717, 1.165) is 31.4 Å². The van der Waals surface area contributed by atoms with Crippen LogP contribution in [0.25, 0.3) is 0 Å². The zero-order chi connectivity index (χ0) is 12.1. The SMILES string of the molecule is Cc1ccc(CNC2CC=C(C#N)CC2)cc1. The Balaban J connectivity index is 1.82. The summed E-state index contributed by atoms with van der Waals surface area (Å²) in [5.41, 5.74) is 3.57. The number of nitriles is 1. The van der Waals surface area contributed by atoms with Crippen molar-refractivity contribution in [1.29, 1.82) is 5.26 Å². The van der Waals surface area contributed by atoms with Gasteiger partial charge in [-0.25, -0.2) is 0 Å². The molecule has 0 fully saturated rings. The number of nitrogens with one attached hydrogen (secondary N) is 1. The fourth-order valence-corrected chi connectivity index (χ4v) is 2.09. The Hall–Kier alpha value is -1.59. The molecule has 0 amide bonds. The third kappa shape index (κ3) is 3.44. The fraction of sp³-hybridized carbons (Fsp3) is 0.400. The molecule has 0 bridgehead atoms. The molecule has 0 saturated carbocycles. The summed E-state index contributed by atoms with van der Waals surface area (Å²) in [4.78, 5) is 0. The van der Waals surface area contributed by atoms with Gasteiger partial charge in [0.25, 0.3) is 0 Å². The number of benzene rings is 1. The Labute approximate surface area is 103 Å². The summed E-state index contributed by atoms with van der Waals surface area (Å²) in [6, 6.07) is 11.4.